The number of aliphatic hydroxyl groups is 1. The molecule has 0 atom stereocenters. The molecule has 1 aliphatic carbocycles. The molecule has 2 heteroatoms. The number of hydrogen-bond acceptors (Lipinski definition) is 2. The minimum atomic E-state index is 0.144. The molecule has 0 bridgehead atoms. The van der Waals surface area contributed by atoms with Crippen LogP contribution in [0.5, 0.6) is 0 Å². The van der Waals surface area contributed by atoms with Gasteiger partial charge in [0.1, 0.15) is 0 Å². The van der Waals surface area contributed by atoms with Gasteiger partial charge >= 0.3 is 0 Å². The molecule has 0 unspecified atom stereocenters. The van der Waals surface area contributed by atoms with E-state index in [0.717, 1.165) is 10.8 Å². The van der Waals surface area contributed by atoms with Gasteiger partial charge in [0.2, 0.25) is 0 Å². The molecule has 19 heavy (non-hydrogen) atoms. The van der Waals surface area contributed by atoms with Gasteiger partial charge in [0.05, 0.1) is 6.61 Å². The Balaban J connectivity index is 1.78. The smallest absolute Gasteiger partial charge is 0.0774 e. The van der Waals surface area contributed by atoms with Crippen molar-refractivity contribution in [3.8, 4) is 10.4 Å². The molecular weight excluding hydrogens is 252 g/mol. The molecule has 1 aromatic carbocycles. The lowest BCUT2D eigenvalue weighted by Crippen LogP contribution is -2.03. The van der Waals surface area contributed by atoms with E-state index in [-0.39, 0.29) is 6.61 Å². The van der Waals surface area contributed by atoms with E-state index >= 15 is 0 Å². The second kappa shape index (κ2) is 5.89. The minimum absolute atomic E-state index is 0.144. The molecule has 0 saturated heterocycles. The first-order valence-corrected chi connectivity index (χ1v) is 7.98. The molecule has 0 aliphatic heterocycles. The third-order valence-corrected chi connectivity index (χ3v) is 5.21. The fourth-order valence-electron chi connectivity index (χ4n) is 2.97. The van der Waals surface area contributed by atoms with E-state index < -0.39 is 0 Å². The molecule has 0 amide bonds. The van der Waals surface area contributed by atoms with Crippen LogP contribution in [0.3, 0.4) is 0 Å². The molecule has 2 aromatic rings. The highest BCUT2D eigenvalue weighted by Crippen LogP contribution is 2.34. The van der Waals surface area contributed by atoms with Crippen LogP contribution >= 0.6 is 11.3 Å². The van der Waals surface area contributed by atoms with Crippen molar-refractivity contribution >= 4 is 11.3 Å². The van der Waals surface area contributed by atoms with E-state index in [2.05, 4.69) is 30.3 Å². The summed E-state index contributed by atoms with van der Waals surface area (Å²) in [7, 11) is 0. The maximum atomic E-state index is 9.12. The Kier molecular flexibility index (Phi) is 4.00. The van der Waals surface area contributed by atoms with Gasteiger partial charge < -0.3 is 5.11 Å². The number of benzene rings is 1. The van der Waals surface area contributed by atoms with Crippen LogP contribution in [0, 0.1) is 0 Å². The summed E-state index contributed by atoms with van der Waals surface area (Å²) in [6.45, 7) is 0.144. The van der Waals surface area contributed by atoms with Crippen molar-refractivity contribution in [2.24, 2.45) is 0 Å². The largest absolute Gasteiger partial charge is 0.391 e. The maximum Gasteiger partial charge on any atom is 0.0774 e. The van der Waals surface area contributed by atoms with Gasteiger partial charge in [0.25, 0.3) is 0 Å². The Hall–Kier alpha value is -1.12. The van der Waals surface area contributed by atoms with Crippen molar-refractivity contribution in [2.75, 3.05) is 0 Å². The van der Waals surface area contributed by atoms with Gasteiger partial charge in [-0.3, -0.25) is 0 Å². The molecule has 1 saturated carbocycles. The fourth-order valence-corrected chi connectivity index (χ4v) is 3.85. The summed E-state index contributed by atoms with van der Waals surface area (Å²) >= 11 is 1.68. The molecule has 0 radical (unpaired) electrons. The highest BCUT2D eigenvalue weighted by Gasteiger charge is 2.15. The van der Waals surface area contributed by atoms with Crippen LogP contribution in [0.15, 0.2) is 36.4 Å². The quantitative estimate of drug-likeness (QED) is 0.837. The molecule has 1 fully saturated rings. The molecule has 1 aliphatic rings. The summed E-state index contributed by atoms with van der Waals surface area (Å²) in [6, 6.07) is 13.2. The molecule has 0 spiro atoms. The predicted octanol–water partition coefficient (Wildman–Crippen LogP) is 4.96. The standard InChI is InChI=1S/C17H20OS/c18-12-16-10-11-17(19-16)15-8-6-14(7-9-15)13-4-2-1-3-5-13/h6-11,13,18H,1-5,12H2. The molecule has 100 valence electrons. The second-order valence-corrected chi connectivity index (χ2v) is 6.55. The summed E-state index contributed by atoms with van der Waals surface area (Å²) in [5.41, 5.74) is 2.77. The van der Waals surface area contributed by atoms with Gasteiger partial charge in [-0.15, -0.1) is 11.3 Å². The fraction of sp³-hybridized carbons (Fsp3) is 0.412. The van der Waals surface area contributed by atoms with Crippen LogP contribution < -0.4 is 0 Å². The summed E-state index contributed by atoms with van der Waals surface area (Å²) < 4.78 is 0. The van der Waals surface area contributed by atoms with Crippen LogP contribution in [0.4, 0.5) is 0 Å². The highest BCUT2D eigenvalue weighted by molar-refractivity contribution is 7.15. The van der Waals surface area contributed by atoms with Gasteiger partial charge in [0.15, 0.2) is 0 Å². The number of rotatable bonds is 3. The first-order valence-electron chi connectivity index (χ1n) is 7.17. The number of thiophene rings is 1. The summed E-state index contributed by atoms with van der Waals surface area (Å²) in [5, 5.41) is 9.12. The lowest BCUT2D eigenvalue weighted by atomic mass is 9.84. The normalized spacial score (nSPS) is 16.7. The van der Waals surface area contributed by atoms with E-state index in [1.165, 1.54) is 48.1 Å². The van der Waals surface area contributed by atoms with E-state index in [1.54, 1.807) is 11.3 Å². The lowest BCUT2D eigenvalue weighted by Gasteiger charge is -2.22. The van der Waals surface area contributed by atoms with Crippen LogP contribution in [0.2, 0.25) is 0 Å². The Morgan fingerprint density at radius 1 is 0.947 bits per heavy atom. The van der Waals surface area contributed by atoms with Crippen LogP contribution in [-0.2, 0) is 6.61 Å². The van der Waals surface area contributed by atoms with Crippen molar-refractivity contribution in [2.45, 2.75) is 44.6 Å². The monoisotopic (exact) mass is 272 g/mol. The third kappa shape index (κ3) is 2.90. The SMILES string of the molecule is OCc1ccc(-c2ccc(C3CCCCC3)cc2)s1. The first kappa shape index (κ1) is 12.9. The Bertz CT molecular complexity index is 520. The summed E-state index contributed by atoms with van der Waals surface area (Å²) in [6.07, 6.45) is 6.89. The van der Waals surface area contributed by atoms with Gasteiger partial charge in [-0.05, 0) is 42.0 Å². The van der Waals surface area contributed by atoms with E-state index in [9.17, 15) is 0 Å². The maximum absolute atomic E-state index is 9.12. The van der Waals surface area contributed by atoms with Crippen molar-refractivity contribution in [1.29, 1.82) is 0 Å². The molecule has 3 rings (SSSR count). The van der Waals surface area contributed by atoms with Crippen molar-refractivity contribution in [3.05, 3.63) is 46.8 Å². The predicted molar refractivity (Wildman–Crippen MR) is 81.5 cm³/mol. The van der Waals surface area contributed by atoms with Crippen LogP contribution in [0.25, 0.3) is 10.4 Å². The highest BCUT2D eigenvalue weighted by atomic mass is 32.1. The number of hydrogen-bond donors (Lipinski definition) is 1. The summed E-state index contributed by atoms with van der Waals surface area (Å²) in [4.78, 5) is 2.28. The zero-order valence-corrected chi connectivity index (χ0v) is 12.0. The molecule has 1 aromatic heterocycles. The van der Waals surface area contributed by atoms with Gasteiger partial charge in [-0.2, -0.15) is 0 Å². The molecule has 1 heterocycles. The first-order chi connectivity index (χ1) is 9.36. The van der Waals surface area contributed by atoms with Gasteiger partial charge in [-0.25, -0.2) is 0 Å². The average Bonchev–Trinajstić information content (AvgIpc) is 2.97. The van der Waals surface area contributed by atoms with Gasteiger partial charge in [-0.1, -0.05) is 43.5 Å². The molecule has 1 nitrogen and oxygen atoms in total. The van der Waals surface area contributed by atoms with Crippen molar-refractivity contribution in [1.82, 2.24) is 0 Å². The summed E-state index contributed by atoms with van der Waals surface area (Å²) in [5.74, 6) is 0.777. The van der Waals surface area contributed by atoms with Gasteiger partial charge in [0, 0.05) is 9.75 Å². The average molecular weight is 272 g/mol. The van der Waals surface area contributed by atoms with E-state index in [4.69, 9.17) is 5.11 Å². The zero-order chi connectivity index (χ0) is 13.1. The topological polar surface area (TPSA) is 20.2 Å². The molecule has 1 N–H and O–H groups in total. The van der Waals surface area contributed by atoms with Crippen LogP contribution in [0.1, 0.15) is 48.5 Å². The Labute approximate surface area is 118 Å². The second-order valence-electron chi connectivity index (χ2n) is 5.38. The van der Waals surface area contributed by atoms with E-state index in [1.807, 2.05) is 6.07 Å². The van der Waals surface area contributed by atoms with Crippen LogP contribution in [-0.4, -0.2) is 5.11 Å². The number of aliphatic hydroxyl groups excluding tert-OH is 1. The van der Waals surface area contributed by atoms with E-state index in [0.29, 0.717) is 0 Å². The Morgan fingerprint density at radius 2 is 1.68 bits per heavy atom. The Morgan fingerprint density at radius 3 is 2.32 bits per heavy atom. The third-order valence-electron chi connectivity index (χ3n) is 4.09. The van der Waals surface area contributed by atoms with Crippen molar-refractivity contribution in [3.63, 3.8) is 0 Å². The minimum Gasteiger partial charge on any atom is -0.391 e. The molecular formula is C17H20OS. The van der Waals surface area contributed by atoms with Crippen molar-refractivity contribution < 1.29 is 5.11 Å². The lowest BCUT2D eigenvalue weighted by molar-refractivity contribution is 0.285. The zero-order valence-electron chi connectivity index (χ0n) is 11.1.